The Hall–Kier alpha value is -0.770. The maximum atomic E-state index is 11.9. The highest BCUT2D eigenvalue weighted by Gasteiger charge is 2.29. The number of amides is 1. The van der Waals surface area contributed by atoms with Crippen LogP contribution in [-0.2, 0) is 4.74 Å². The van der Waals surface area contributed by atoms with Crippen molar-refractivity contribution in [3.63, 3.8) is 0 Å². The van der Waals surface area contributed by atoms with Crippen molar-refractivity contribution in [2.45, 2.75) is 52.7 Å². The predicted molar refractivity (Wildman–Crippen MR) is 69.1 cm³/mol. The zero-order valence-corrected chi connectivity index (χ0v) is 11.8. The number of hydrogen-bond acceptors (Lipinski definition) is 3. The Bertz CT molecular complexity index is 261. The van der Waals surface area contributed by atoms with Crippen molar-refractivity contribution < 1.29 is 9.53 Å². The SMILES string of the molecule is CCCN1CCN(C(=O)OC(C)(C)C)C[C@@H]1C. The molecule has 1 aliphatic heterocycles. The van der Waals surface area contributed by atoms with Crippen LogP contribution in [0.15, 0.2) is 0 Å². The number of hydrogen-bond donors (Lipinski definition) is 0. The molecule has 0 aliphatic carbocycles. The highest BCUT2D eigenvalue weighted by Crippen LogP contribution is 2.14. The Morgan fingerprint density at radius 3 is 2.47 bits per heavy atom. The number of carbonyl (C=O) groups excluding carboxylic acids is 1. The molecule has 4 heteroatoms. The van der Waals surface area contributed by atoms with Crippen molar-refractivity contribution in [2.24, 2.45) is 0 Å². The van der Waals surface area contributed by atoms with Gasteiger partial charge >= 0.3 is 6.09 Å². The molecule has 1 fully saturated rings. The Morgan fingerprint density at radius 2 is 2.00 bits per heavy atom. The van der Waals surface area contributed by atoms with Gasteiger partial charge in [0.15, 0.2) is 0 Å². The predicted octanol–water partition coefficient (Wildman–Crippen LogP) is 2.34. The van der Waals surface area contributed by atoms with E-state index in [9.17, 15) is 4.79 Å². The second-order valence-corrected chi connectivity index (χ2v) is 5.81. The number of ether oxygens (including phenoxy) is 1. The molecule has 0 aromatic rings. The lowest BCUT2D eigenvalue weighted by atomic mass is 10.2. The van der Waals surface area contributed by atoms with Crippen molar-refractivity contribution in [3.8, 4) is 0 Å². The first kappa shape index (κ1) is 14.3. The van der Waals surface area contributed by atoms with Gasteiger partial charge in [0.25, 0.3) is 0 Å². The largest absolute Gasteiger partial charge is 0.444 e. The van der Waals surface area contributed by atoms with E-state index in [1.165, 1.54) is 0 Å². The normalized spacial score (nSPS) is 22.6. The second-order valence-electron chi connectivity index (χ2n) is 5.81. The van der Waals surface area contributed by atoms with Crippen LogP contribution in [0.25, 0.3) is 0 Å². The molecule has 1 heterocycles. The number of piperazine rings is 1. The van der Waals surface area contributed by atoms with Crippen LogP contribution < -0.4 is 0 Å². The highest BCUT2D eigenvalue weighted by molar-refractivity contribution is 5.68. The Labute approximate surface area is 105 Å². The van der Waals surface area contributed by atoms with Crippen molar-refractivity contribution in [3.05, 3.63) is 0 Å². The van der Waals surface area contributed by atoms with E-state index in [1.54, 1.807) is 0 Å². The van der Waals surface area contributed by atoms with Crippen molar-refractivity contribution in [1.82, 2.24) is 9.80 Å². The van der Waals surface area contributed by atoms with Crippen LogP contribution in [0.2, 0.25) is 0 Å². The second kappa shape index (κ2) is 5.71. The first-order chi connectivity index (χ1) is 7.83. The summed E-state index contributed by atoms with van der Waals surface area (Å²) < 4.78 is 5.39. The standard InChI is InChI=1S/C13H26N2O2/c1-6-7-14-8-9-15(10-11(14)2)12(16)17-13(3,4)5/h11H,6-10H2,1-5H3/t11-/m0/s1. The van der Waals surface area contributed by atoms with Gasteiger partial charge in [0.1, 0.15) is 5.60 Å². The minimum atomic E-state index is -0.402. The highest BCUT2D eigenvalue weighted by atomic mass is 16.6. The fraction of sp³-hybridized carbons (Fsp3) is 0.923. The third-order valence-corrected chi connectivity index (χ3v) is 2.93. The molecule has 1 saturated heterocycles. The van der Waals surface area contributed by atoms with Gasteiger partial charge in [0.2, 0.25) is 0 Å². The lowest BCUT2D eigenvalue weighted by Crippen LogP contribution is -2.54. The minimum Gasteiger partial charge on any atom is -0.444 e. The maximum Gasteiger partial charge on any atom is 0.410 e. The molecule has 4 nitrogen and oxygen atoms in total. The average molecular weight is 242 g/mol. The van der Waals surface area contributed by atoms with Crippen molar-refractivity contribution in [1.29, 1.82) is 0 Å². The van der Waals surface area contributed by atoms with Gasteiger partial charge in [-0.2, -0.15) is 0 Å². The van der Waals surface area contributed by atoms with Crippen LogP contribution in [0, 0.1) is 0 Å². The van der Waals surface area contributed by atoms with Crippen LogP contribution in [0.4, 0.5) is 4.79 Å². The monoisotopic (exact) mass is 242 g/mol. The Morgan fingerprint density at radius 1 is 1.35 bits per heavy atom. The quantitative estimate of drug-likeness (QED) is 0.745. The summed E-state index contributed by atoms with van der Waals surface area (Å²) >= 11 is 0. The molecule has 0 spiro atoms. The van der Waals surface area contributed by atoms with Crippen LogP contribution in [0.3, 0.4) is 0 Å². The van der Waals surface area contributed by atoms with E-state index in [1.807, 2.05) is 25.7 Å². The lowest BCUT2D eigenvalue weighted by Gasteiger charge is -2.40. The third-order valence-electron chi connectivity index (χ3n) is 2.93. The smallest absolute Gasteiger partial charge is 0.410 e. The van der Waals surface area contributed by atoms with E-state index in [0.29, 0.717) is 6.04 Å². The molecule has 1 aliphatic rings. The summed E-state index contributed by atoms with van der Waals surface area (Å²) in [5.74, 6) is 0. The molecule has 100 valence electrons. The summed E-state index contributed by atoms with van der Waals surface area (Å²) in [6.07, 6.45) is 0.983. The number of carbonyl (C=O) groups is 1. The van der Waals surface area contributed by atoms with Crippen molar-refractivity contribution >= 4 is 6.09 Å². The fourth-order valence-electron chi connectivity index (χ4n) is 2.11. The van der Waals surface area contributed by atoms with Crippen LogP contribution in [0.5, 0.6) is 0 Å². The summed E-state index contributed by atoms with van der Waals surface area (Å²) in [7, 11) is 0. The van der Waals surface area contributed by atoms with Crippen LogP contribution in [0.1, 0.15) is 41.0 Å². The molecule has 0 aromatic carbocycles. The topological polar surface area (TPSA) is 32.8 Å². The molecule has 1 rings (SSSR count). The number of nitrogens with zero attached hydrogens (tertiary/aromatic N) is 2. The molecule has 0 radical (unpaired) electrons. The van der Waals surface area contributed by atoms with E-state index in [0.717, 1.165) is 32.6 Å². The molecular weight excluding hydrogens is 216 g/mol. The van der Waals surface area contributed by atoms with Gasteiger partial charge in [0, 0.05) is 25.7 Å². The van der Waals surface area contributed by atoms with Gasteiger partial charge in [-0.05, 0) is 40.7 Å². The van der Waals surface area contributed by atoms with E-state index in [2.05, 4.69) is 18.7 Å². The molecule has 17 heavy (non-hydrogen) atoms. The molecule has 0 N–H and O–H groups in total. The summed E-state index contributed by atoms with van der Waals surface area (Å²) in [5.41, 5.74) is -0.402. The van der Waals surface area contributed by atoms with Gasteiger partial charge in [-0.3, -0.25) is 4.90 Å². The van der Waals surface area contributed by atoms with Gasteiger partial charge in [-0.15, -0.1) is 0 Å². The Kier molecular flexibility index (Phi) is 4.80. The molecule has 1 amide bonds. The van der Waals surface area contributed by atoms with E-state index < -0.39 is 5.60 Å². The van der Waals surface area contributed by atoms with E-state index >= 15 is 0 Å². The van der Waals surface area contributed by atoms with Crippen LogP contribution in [-0.4, -0.2) is 53.7 Å². The first-order valence-electron chi connectivity index (χ1n) is 6.55. The van der Waals surface area contributed by atoms with Gasteiger partial charge in [-0.25, -0.2) is 4.79 Å². The van der Waals surface area contributed by atoms with Gasteiger partial charge in [-0.1, -0.05) is 6.92 Å². The van der Waals surface area contributed by atoms with E-state index in [-0.39, 0.29) is 6.09 Å². The van der Waals surface area contributed by atoms with Gasteiger partial charge in [0.05, 0.1) is 0 Å². The van der Waals surface area contributed by atoms with Gasteiger partial charge < -0.3 is 9.64 Å². The van der Waals surface area contributed by atoms with E-state index in [4.69, 9.17) is 4.74 Å². The molecule has 0 aromatic heterocycles. The zero-order valence-electron chi connectivity index (χ0n) is 11.8. The summed E-state index contributed by atoms with van der Waals surface area (Å²) in [6.45, 7) is 13.7. The summed E-state index contributed by atoms with van der Waals surface area (Å²) in [5, 5.41) is 0. The molecule has 0 bridgehead atoms. The summed E-state index contributed by atoms with van der Waals surface area (Å²) in [4.78, 5) is 16.2. The van der Waals surface area contributed by atoms with Crippen LogP contribution >= 0.6 is 0 Å². The molecule has 1 atom stereocenters. The fourth-order valence-corrected chi connectivity index (χ4v) is 2.11. The molecular formula is C13H26N2O2. The summed E-state index contributed by atoms with van der Waals surface area (Å²) in [6, 6.07) is 0.427. The Balaban J connectivity index is 2.46. The molecule has 0 unspecified atom stereocenters. The maximum absolute atomic E-state index is 11.9. The lowest BCUT2D eigenvalue weighted by molar-refractivity contribution is 0.00586. The minimum absolute atomic E-state index is 0.180. The van der Waals surface area contributed by atoms with Crippen molar-refractivity contribution in [2.75, 3.05) is 26.2 Å². The zero-order chi connectivity index (χ0) is 13.1. The number of rotatable bonds is 2. The molecule has 0 saturated carbocycles. The average Bonchev–Trinajstić information content (AvgIpc) is 2.18. The third kappa shape index (κ3) is 4.54. The first-order valence-corrected chi connectivity index (χ1v) is 6.55.